The van der Waals surface area contributed by atoms with Crippen molar-refractivity contribution in [2.45, 2.75) is 0 Å². The molecule has 2 N–H and O–H groups in total. The molecule has 0 fully saturated rings. The van der Waals surface area contributed by atoms with Gasteiger partial charge in [0.25, 0.3) is 0 Å². The van der Waals surface area contributed by atoms with Gasteiger partial charge in [-0.2, -0.15) is 0 Å². The molecule has 1 aliphatic rings. The molecule has 0 saturated carbocycles. The van der Waals surface area contributed by atoms with Crippen molar-refractivity contribution >= 4 is 15.7 Å². The Morgan fingerprint density at radius 2 is 2.10 bits per heavy atom. The SMILES string of the molecule is NC(=O)C1=CS(=O)(=O)C=C1. The summed E-state index contributed by atoms with van der Waals surface area (Å²) in [6, 6.07) is 0. The van der Waals surface area contributed by atoms with E-state index in [2.05, 4.69) is 0 Å². The van der Waals surface area contributed by atoms with Crippen LogP contribution in [0.3, 0.4) is 0 Å². The quantitative estimate of drug-likeness (QED) is 0.549. The van der Waals surface area contributed by atoms with Crippen LogP contribution in [0.15, 0.2) is 22.5 Å². The Morgan fingerprint density at radius 1 is 1.50 bits per heavy atom. The molecule has 0 saturated heterocycles. The molecule has 1 rings (SSSR count). The second-order valence-corrected chi connectivity index (χ2v) is 3.52. The van der Waals surface area contributed by atoms with E-state index in [0.29, 0.717) is 0 Å². The molecule has 0 aliphatic carbocycles. The molecular formula is C5H5NO3S. The zero-order valence-electron chi connectivity index (χ0n) is 4.94. The van der Waals surface area contributed by atoms with Gasteiger partial charge in [-0.1, -0.05) is 0 Å². The maximum absolute atomic E-state index is 10.6. The second kappa shape index (κ2) is 1.95. The molecular weight excluding hydrogens is 154 g/mol. The minimum atomic E-state index is -3.28. The lowest BCUT2D eigenvalue weighted by Crippen LogP contribution is -2.11. The number of nitrogens with two attached hydrogens (primary N) is 1. The van der Waals surface area contributed by atoms with E-state index in [-0.39, 0.29) is 5.57 Å². The topological polar surface area (TPSA) is 77.2 Å². The molecule has 0 atom stereocenters. The minimum absolute atomic E-state index is 0.0278. The van der Waals surface area contributed by atoms with E-state index < -0.39 is 15.7 Å². The van der Waals surface area contributed by atoms with Crippen LogP contribution >= 0.6 is 0 Å². The largest absolute Gasteiger partial charge is 0.366 e. The minimum Gasteiger partial charge on any atom is -0.366 e. The van der Waals surface area contributed by atoms with E-state index in [1.807, 2.05) is 0 Å². The van der Waals surface area contributed by atoms with Gasteiger partial charge in [0.2, 0.25) is 5.91 Å². The Morgan fingerprint density at radius 3 is 2.30 bits per heavy atom. The Bertz CT molecular complexity index is 323. The first-order chi connectivity index (χ1) is 4.51. The molecule has 0 aromatic heterocycles. The first-order valence-corrected chi connectivity index (χ1v) is 4.07. The van der Waals surface area contributed by atoms with Gasteiger partial charge in [0, 0.05) is 10.8 Å². The highest BCUT2D eigenvalue weighted by Crippen LogP contribution is 2.11. The van der Waals surface area contributed by atoms with E-state index >= 15 is 0 Å². The molecule has 54 valence electrons. The van der Waals surface area contributed by atoms with Crippen molar-refractivity contribution in [1.82, 2.24) is 0 Å². The molecule has 4 nitrogen and oxygen atoms in total. The van der Waals surface area contributed by atoms with Crippen LogP contribution < -0.4 is 5.73 Å². The van der Waals surface area contributed by atoms with E-state index in [1.54, 1.807) is 0 Å². The third kappa shape index (κ3) is 1.24. The highest BCUT2D eigenvalue weighted by atomic mass is 32.2. The molecule has 0 aromatic carbocycles. The summed E-state index contributed by atoms with van der Waals surface area (Å²) in [5.74, 6) is -0.725. The van der Waals surface area contributed by atoms with Crippen molar-refractivity contribution in [1.29, 1.82) is 0 Å². The highest BCUT2D eigenvalue weighted by Gasteiger charge is 2.14. The summed E-state index contributed by atoms with van der Waals surface area (Å²) in [6.45, 7) is 0. The molecule has 0 spiro atoms. The number of primary amides is 1. The number of carbonyl (C=O) groups excluding carboxylic acids is 1. The lowest BCUT2D eigenvalue weighted by Gasteiger charge is -1.84. The summed E-state index contributed by atoms with van der Waals surface area (Å²) < 4.78 is 21.1. The number of hydrogen-bond donors (Lipinski definition) is 1. The van der Waals surface area contributed by atoms with Gasteiger partial charge in [-0.3, -0.25) is 4.79 Å². The van der Waals surface area contributed by atoms with Gasteiger partial charge < -0.3 is 5.73 Å². The van der Waals surface area contributed by atoms with E-state index in [0.717, 1.165) is 10.8 Å². The van der Waals surface area contributed by atoms with Gasteiger partial charge in [0.1, 0.15) is 0 Å². The lowest BCUT2D eigenvalue weighted by molar-refractivity contribution is -0.114. The summed E-state index contributed by atoms with van der Waals surface area (Å²) in [7, 11) is -3.28. The Labute approximate surface area is 57.9 Å². The summed E-state index contributed by atoms with van der Waals surface area (Å²) in [5, 5.41) is 1.78. The summed E-state index contributed by atoms with van der Waals surface area (Å²) in [5.41, 5.74) is 4.82. The van der Waals surface area contributed by atoms with Crippen LogP contribution in [-0.4, -0.2) is 14.3 Å². The number of hydrogen-bond acceptors (Lipinski definition) is 3. The Hall–Kier alpha value is -1.10. The van der Waals surface area contributed by atoms with Gasteiger partial charge in [-0.15, -0.1) is 0 Å². The van der Waals surface area contributed by atoms with Gasteiger partial charge in [-0.25, -0.2) is 8.42 Å². The molecule has 1 heterocycles. The summed E-state index contributed by atoms with van der Waals surface area (Å²) in [6.07, 6.45) is 1.18. The van der Waals surface area contributed by atoms with Gasteiger partial charge in [-0.05, 0) is 6.08 Å². The van der Waals surface area contributed by atoms with Crippen molar-refractivity contribution < 1.29 is 13.2 Å². The van der Waals surface area contributed by atoms with Gasteiger partial charge >= 0.3 is 0 Å². The monoisotopic (exact) mass is 159 g/mol. The van der Waals surface area contributed by atoms with Crippen molar-refractivity contribution in [2.24, 2.45) is 5.73 Å². The number of carbonyl (C=O) groups is 1. The van der Waals surface area contributed by atoms with Crippen LogP contribution in [-0.2, 0) is 14.6 Å². The maximum Gasteiger partial charge on any atom is 0.249 e. The van der Waals surface area contributed by atoms with Crippen LogP contribution in [0.4, 0.5) is 0 Å². The van der Waals surface area contributed by atoms with Crippen molar-refractivity contribution in [3.63, 3.8) is 0 Å². The molecule has 0 radical (unpaired) electrons. The zero-order chi connectivity index (χ0) is 7.78. The number of sulfone groups is 1. The standard InChI is InChI=1S/C5H5NO3S/c6-5(7)4-1-2-10(8,9)3-4/h1-3H,(H2,6,7). The molecule has 0 unspecified atom stereocenters. The molecule has 10 heavy (non-hydrogen) atoms. The van der Waals surface area contributed by atoms with Gasteiger partial charge in [0.15, 0.2) is 9.84 Å². The molecule has 0 bridgehead atoms. The number of amides is 1. The van der Waals surface area contributed by atoms with Crippen molar-refractivity contribution in [3.8, 4) is 0 Å². The normalized spacial score (nSPS) is 20.6. The summed E-state index contributed by atoms with van der Waals surface area (Å²) in [4.78, 5) is 10.3. The maximum atomic E-state index is 10.6. The smallest absolute Gasteiger partial charge is 0.249 e. The van der Waals surface area contributed by atoms with E-state index in [9.17, 15) is 13.2 Å². The molecule has 1 amide bonds. The van der Waals surface area contributed by atoms with Crippen LogP contribution in [0.1, 0.15) is 0 Å². The fourth-order valence-corrected chi connectivity index (χ4v) is 1.53. The number of rotatable bonds is 1. The molecule has 1 aliphatic heterocycles. The first-order valence-electron chi connectivity index (χ1n) is 2.46. The first kappa shape index (κ1) is 7.01. The Kier molecular flexibility index (Phi) is 1.37. The fraction of sp³-hybridized carbons (Fsp3) is 0. The third-order valence-corrected chi connectivity index (χ3v) is 2.11. The van der Waals surface area contributed by atoms with Crippen LogP contribution in [0.5, 0.6) is 0 Å². The third-order valence-electron chi connectivity index (χ3n) is 1.01. The average molecular weight is 159 g/mol. The van der Waals surface area contributed by atoms with Crippen LogP contribution in [0.2, 0.25) is 0 Å². The van der Waals surface area contributed by atoms with Gasteiger partial charge in [0.05, 0.1) is 5.57 Å². The van der Waals surface area contributed by atoms with Crippen molar-refractivity contribution in [2.75, 3.05) is 0 Å². The fourth-order valence-electron chi connectivity index (χ4n) is 0.564. The van der Waals surface area contributed by atoms with Crippen LogP contribution in [0.25, 0.3) is 0 Å². The molecule has 5 heteroatoms. The highest BCUT2D eigenvalue weighted by molar-refractivity contribution is 7.97. The van der Waals surface area contributed by atoms with Crippen LogP contribution in [0, 0.1) is 0 Å². The van der Waals surface area contributed by atoms with E-state index in [4.69, 9.17) is 5.73 Å². The van der Waals surface area contributed by atoms with Crippen molar-refractivity contribution in [3.05, 3.63) is 22.5 Å². The predicted molar refractivity (Wildman–Crippen MR) is 35.3 cm³/mol. The average Bonchev–Trinajstić information content (AvgIpc) is 2.10. The summed E-state index contributed by atoms with van der Waals surface area (Å²) >= 11 is 0. The predicted octanol–water partition coefficient (Wildman–Crippen LogP) is -0.702. The zero-order valence-corrected chi connectivity index (χ0v) is 5.76. The Balaban J connectivity index is 3.11. The van der Waals surface area contributed by atoms with E-state index in [1.165, 1.54) is 6.08 Å². The second-order valence-electron chi connectivity index (χ2n) is 1.83. The molecule has 0 aromatic rings. The lowest BCUT2D eigenvalue weighted by atomic mass is 10.3.